The molecule has 0 aliphatic rings. The second kappa shape index (κ2) is 5.23. The van der Waals surface area contributed by atoms with Gasteiger partial charge in [-0.05, 0) is 13.8 Å². The number of hydrogen-bond donors (Lipinski definition) is 1. The lowest BCUT2D eigenvalue weighted by Gasteiger charge is -2.20. The van der Waals surface area contributed by atoms with Gasteiger partial charge in [-0.1, -0.05) is 50.6 Å². The normalized spacial score (nSPS) is 11.5. The van der Waals surface area contributed by atoms with Crippen molar-refractivity contribution in [3.05, 3.63) is 41.2 Å². The highest BCUT2D eigenvalue weighted by molar-refractivity contribution is 5.68. The molecule has 1 heterocycles. The van der Waals surface area contributed by atoms with Gasteiger partial charge in [-0.3, -0.25) is 0 Å². The Hall–Kier alpha value is -1.90. The van der Waals surface area contributed by atoms with E-state index in [2.05, 4.69) is 69.2 Å². The number of benzene rings is 1. The lowest BCUT2D eigenvalue weighted by Crippen LogP contribution is -2.18. The first kappa shape index (κ1) is 14.5. The third kappa shape index (κ3) is 2.82. The van der Waals surface area contributed by atoms with Gasteiger partial charge in [0.25, 0.3) is 0 Å². The minimum absolute atomic E-state index is 0.0707. The van der Waals surface area contributed by atoms with E-state index in [1.54, 1.807) is 0 Å². The molecule has 20 heavy (non-hydrogen) atoms. The zero-order chi connectivity index (χ0) is 14.9. The highest BCUT2D eigenvalue weighted by atomic mass is 15.0. The van der Waals surface area contributed by atoms with Gasteiger partial charge in [0.2, 0.25) is 0 Å². The van der Waals surface area contributed by atoms with Crippen LogP contribution in [0.3, 0.4) is 0 Å². The molecule has 0 unspecified atom stereocenters. The second-order valence-electron chi connectivity index (χ2n) is 6.24. The second-order valence-corrected chi connectivity index (χ2v) is 6.24. The maximum atomic E-state index is 4.80. The highest BCUT2D eigenvalue weighted by Crippen LogP contribution is 2.29. The summed E-state index contributed by atoms with van der Waals surface area (Å²) < 4.78 is 0. The molecular formula is C17H23N3. The summed E-state index contributed by atoms with van der Waals surface area (Å²) in [7, 11) is 1.90. The van der Waals surface area contributed by atoms with Crippen LogP contribution >= 0.6 is 0 Å². The van der Waals surface area contributed by atoms with Crippen molar-refractivity contribution < 1.29 is 0 Å². The van der Waals surface area contributed by atoms with Crippen molar-refractivity contribution in [1.29, 1.82) is 0 Å². The van der Waals surface area contributed by atoms with Gasteiger partial charge in [0.15, 0.2) is 0 Å². The first-order chi connectivity index (χ1) is 9.32. The molecule has 1 N–H and O–H groups in total. The predicted molar refractivity (Wildman–Crippen MR) is 85.2 cm³/mol. The van der Waals surface area contributed by atoms with Gasteiger partial charge in [0.05, 0.1) is 5.69 Å². The van der Waals surface area contributed by atoms with Crippen molar-refractivity contribution >= 4 is 5.82 Å². The van der Waals surface area contributed by atoms with Gasteiger partial charge in [-0.15, -0.1) is 0 Å². The Morgan fingerprint density at radius 1 is 0.950 bits per heavy atom. The van der Waals surface area contributed by atoms with Crippen LogP contribution in [0.5, 0.6) is 0 Å². The van der Waals surface area contributed by atoms with E-state index < -0.39 is 0 Å². The lowest BCUT2D eigenvalue weighted by atomic mass is 9.94. The maximum absolute atomic E-state index is 4.80. The van der Waals surface area contributed by atoms with E-state index in [0.717, 1.165) is 28.5 Å². The fourth-order valence-corrected chi connectivity index (χ4v) is 2.09. The summed E-state index contributed by atoms with van der Waals surface area (Å²) in [5.74, 6) is 1.77. The summed E-state index contributed by atoms with van der Waals surface area (Å²) >= 11 is 0. The topological polar surface area (TPSA) is 37.8 Å². The number of hydrogen-bond acceptors (Lipinski definition) is 3. The van der Waals surface area contributed by atoms with Gasteiger partial charge in [-0.25, -0.2) is 9.97 Å². The molecule has 0 bridgehead atoms. The third-order valence-corrected chi connectivity index (χ3v) is 3.38. The minimum atomic E-state index is -0.0707. The Labute approximate surface area is 121 Å². The van der Waals surface area contributed by atoms with Crippen LogP contribution in [0.1, 0.15) is 37.7 Å². The Balaban J connectivity index is 2.65. The SMILES string of the molecule is CNc1nc(C(C)(C)C)nc(-c2ccc(C)cc2)c1C. The molecule has 2 rings (SSSR count). The van der Waals surface area contributed by atoms with Crippen LogP contribution in [0.4, 0.5) is 5.82 Å². The van der Waals surface area contributed by atoms with Crippen molar-refractivity contribution in [2.24, 2.45) is 0 Å². The van der Waals surface area contributed by atoms with Gasteiger partial charge >= 0.3 is 0 Å². The summed E-state index contributed by atoms with van der Waals surface area (Å²) in [6, 6.07) is 8.48. The minimum Gasteiger partial charge on any atom is -0.373 e. The molecule has 0 fully saturated rings. The van der Waals surface area contributed by atoms with E-state index in [0.29, 0.717) is 0 Å². The molecule has 0 aliphatic heterocycles. The molecule has 3 nitrogen and oxygen atoms in total. The Morgan fingerprint density at radius 2 is 1.55 bits per heavy atom. The van der Waals surface area contributed by atoms with E-state index in [1.165, 1.54) is 5.56 Å². The third-order valence-electron chi connectivity index (χ3n) is 3.38. The monoisotopic (exact) mass is 269 g/mol. The molecule has 3 heteroatoms. The summed E-state index contributed by atoms with van der Waals surface area (Å²) in [6.07, 6.45) is 0. The summed E-state index contributed by atoms with van der Waals surface area (Å²) in [5, 5.41) is 3.18. The standard InChI is InChI=1S/C17H23N3/c1-11-7-9-13(10-8-11)14-12(2)15(18-6)20-16(19-14)17(3,4)5/h7-10H,1-6H3,(H,18,19,20). The number of aromatic nitrogens is 2. The molecule has 106 valence electrons. The first-order valence-electron chi connectivity index (χ1n) is 6.97. The van der Waals surface area contributed by atoms with E-state index in [1.807, 2.05) is 7.05 Å². The summed E-state index contributed by atoms with van der Waals surface area (Å²) in [4.78, 5) is 9.44. The molecule has 0 saturated carbocycles. The van der Waals surface area contributed by atoms with E-state index in [-0.39, 0.29) is 5.41 Å². The molecule has 0 radical (unpaired) electrons. The maximum Gasteiger partial charge on any atom is 0.136 e. The zero-order valence-electron chi connectivity index (χ0n) is 13.2. The average molecular weight is 269 g/mol. The molecule has 1 aromatic heterocycles. The molecule has 0 aliphatic carbocycles. The molecule has 0 saturated heterocycles. The predicted octanol–water partition coefficient (Wildman–Crippen LogP) is 4.10. The van der Waals surface area contributed by atoms with Crippen LogP contribution in [0, 0.1) is 13.8 Å². The van der Waals surface area contributed by atoms with Crippen LogP contribution in [0.2, 0.25) is 0 Å². The van der Waals surface area contributed by atoms with Crippen molar-refractivity contribution in [1.82, 2.24) is 9.97 Å². The molecule has 0 amide bonds. The van der Waals surface area contributed by atoms with Crippen molar-refractivity contribution in [3.63, 3.8) is 0 Å². The zero-order valence-corrected chi connectivity index (χ0v) is 13.2. The molecular weight excluding hydrogens is 246 g/mol. The van der Waals surface area contributed by atoms with Crippen LogP contribution < -0.4 is 5.32 Å². The Bertz CT molecular complexity index is 607. The largest absolute Gasteiger partial charge is 0.373 e. The van der Waals surface area contributed by atoms with Crippen LogP contribution in [-0.4, -0.2) is 17.0 Å². The number of aryl methyl sites for hydroxylation is 1. The van der Waals surface area contributed by atoms with Gasteiger partial charge in [0.1, 0.15) is 11.6 Å². The number of nitrogens with one attached hydrogen (secondary N) is 1. The van der Waals surface area contributed by atoms with Gasteiger partial charge < -0.3 is 5.32 Å². The molecule has 0 atom stereocenters. The summed E-state index contributed by atoms with van der Waals surface area (Å²) in [6.45, 7) is 10.6. The van der Waals surface area contributed by atoms with Crippen molar-refractivity contribution in [2.75, 3.05) is 12.4 Å². The quantitative estimate of drug-likeness (QED) is 0.892. The van der Waals surface area contributed by atoms with Crippen LogP contribution in [0.15, 0.2) is 24.3 Å². The fourth-order valence-electron chi connectivity index (χ4n) is 2.09. The number of anilines is 1. The molecule has 0 spiro atoms. The van der Waals surface area contributed by atoms with Crippen molar-refractivity contribution in [3.8, 4) is 11.3 Å². The van der Waals surface area contributed by atoms with Gasteiger partial charge in [0, 0.05) is 23.6 Å². The average Bonchev–Trinajstić information content (AvgIpc) is 2.39. The lowest BCUT2D eigenvalue weighted by molar-refractivity contribution is 0.546. The highest BCUT2D eigenvalue weighted by Gasteiger charge is 2.21. The van der Waals surface area contributed by atoms with E-state index >= 15 is 0 Å². The van der Waals surface area contributed by atoms with Crippen molar-refractivity contribution in [2.45, 2.75) is 40.0 Å². The summed E-state index contributed by atoms with van der Waals surface area (Å²) in [5.41, 5.74) is 4.42. The molecule has 2 aromatic rings. The van der Waals surface area contributed by atoms with E-state index in [9.17, 15) is 0 Å². The molecule has 1 aromatic carbocycles. The van der Waals surface area contributed by atoms with Crippen LogP contribution in [-0.2, 0) is 5.41 Å². The number of rotatable bonds is 2. The fraction of sp³-hybridized carbons (Fsp3) is 0.412. The smallest absolute Gasteiger partial charge is 0.136 e. The van der Waals surface area contributed by atoms with Crippen LogP contribution in [0.25, 0.3) is 11.3 Å². The Kier molecular flexibility index (Phi) is 3.80. The first-order valence-corrected chi connectivity index (χ1v) is 6.97. The van der Waals surface area contributed by atoms with E-state index in [4.69, 9.17) is 4.98 Å². The van der Waals surface area contributed by atoms with Gasteiger partial charge in [-0.2, -0.15) is 0 Å². The number of nitrogens with zero attached hydrogens (tertiary/aromatic N) is 2. The Morgan fingerprint density at radius 3 is 2.05 bits per heavy atom.